The van der Waals surface area contributed by atoms with Crippen LogP contribution in [0.1, 0.15) is 38.3 Å². The zero-order valence-electron chi connectivity index (χ0n) is 15.8. The molecule has 2 N–H and O–H groups in total. The van der Waals surface area contributed by atoms with Crippen molar-refractivity contribution in [2.24, 2.45) is 0 Å². The molecule has 27 heavy (non-hydrogen) atoms. The first-order valence-corrected chi connectivity index (χ1v) is 9.57. The van der Waals surface area contributed by atoms with E-state index in [1.807, 2.05) is 24.5 Å². The van der Waals surface area contributed by atoms with Gasteiger partial charge in [0, 0.05) is 25.7 Å². The minimum Gasteiger partial charge on any atom is -0.393 e. The Labute approximate surface area is 159 Å². The van der Waals surface area contributed by atoms with Gasteiger partial charge in [0.1, 0.15) is 0 Å². The van der Waals surface area contributed by atoms with Gasteiger partial charge >= 0.3 is 0 Å². The van der Waals surface area contributed by atoms with Crippen molar-refractivity contribution < 1.29 is 5.11 Å². The van der Waals surface area contributed by atoms with E-state index < -0.39 is 0 Å². The molecule has 4 rings (SSSR count). The van der Waals surface area contributed by atoms with E-state index in [0.29, 0.717) is 12.5 Å². The number of nitrogens with one attached hydrogen (secondary N) is 1. The van der Waals surface area contributed by atoms with E-state index in [1.54, 1.807) is 0 Å². The maximum atomic E-state index is 9.80. The van der Waals surface area contributed by atoms with Crippen molar-refractivity contribution in [3.63, 3.8) is 0 Å². The molecule has 0 radical (unpaired) electrons. The Balaban J connectivity index is 1.69. The number of piperidine rings is 1. The lowest BCUT2D eigenvalue weighted by atomic mass is 10.1. The van der Waals surface area contributed by atoms with Crippen LogP contribution in [0.15, 0.2) is 36.7 Å². The molecule has 0 aliphatic carbocycles. The van der Waals surface area contributed by atoms with Gasteiger partial charge in [-0.1, -0.05) is 30.3 Å². The zero-order valence-corrected chi connectivity index (χ0v) is 15.8. The van der Waals surface area contributed by atoms with Gasteiger partial charge in [-0.15, -0.1) is 0 Å². The molecule has 0 unspecified atom stereocenters. The Bertz CT molecular complexity index is 899. The molecule has 142 valence electrons. The van der Waals surface area contributed by atoms with Crippen molar-refractivity contribution in [3.8, 4) is 0 Å². The van der Waals surface area contributed by atoms with E-state index in [0.717, 1.165) is 42.9 Å². The summed E-state index contributed by atoms with van der Waals surface area (Å²) in [4.78, 5) is 16.3. The summed E-state index contributed by atoms with van der Waals surface area (Å²) in [5, 5.41) is 13.2. The van der Waals surface area contributed by atoms with E-state index >= 15 is 0 Å². The summed E-state index contributed by atoms with van der Waals surface area (Å²) in [6.07, 6.45) is 3.11. The number of fused-ring (bicyclic) bond motifs is 1. The van der Waals surface area contributed by atoms with Crippen LogP contribution in [0.5, 0.6) is 0 Å². The Kier molecular flexibility index (Phi) is 4.94. The molecular weight excluding hydrogens is 340 g/mol. The number of aliphatic hydroxyl groups excluding tert-OH is 1. The fraction of sp³-hybridized carbons (Fsp3) is 0.450. The summed E-state index contributed by atoms with van der Waals surface area (Å²) in [5.74, 6) is 1.46. The highest BCUT2D eigenvalue weighted by Crippen LogP contribution is 2.26. The monoisotopic (exact) mass is 366 g/mol. The first kappa shape index (κ1) is 17.7. The molecular formula is C20H26N6O. The number of rotatable bonds is 5. The van der Waals surface area contributed by atoms with Crippen molar-refractivity contribution in [2.45, 2.75) is 45.4 Å². The van der Waals surface area contributed by atoms with Crippen LogP contribution >= 0.6 is 0 Å². The van der Waals surface area contributed by atoms with Gasteiger partial charge in [0.2, 0.25) is 5.95 Å². The average Bonchev–Trinajstić information content (AvgIpc) is 3.12. The van der Waals surface area contributed by atoms with Crippen molar-refractivity contribution in [1.29, 1.82) is 0 Å². The Morgan fingerprint density at radius 2 is 1.89 bits per heavy atom. The van der Waals surface area contributed by atoms with E-state index in [1.165, 1.54) is 5.56 Å². The van der Waals surface area contributed by atoms with Crippen molar-refractivity contribution >= 4 is 22.9 Å². The second kappa shape index (κ2) is 7.52. The molecule has 1 aromatic carbocycles. The summed E-state index contributed by atoms with van der Waals surface area (Å²) in [5.41, 5.74) is 2.83. The topological polar surface area (TPSA) is 79.1 Å². The standard InChI is InChI=1S/C20H26N6O/c1-14(2)26-13-22-17-18(21-12-15-6-4-3-5-7-15)23-20(24-19(17)26)25-10-8-16(27)9-11-25/h3-7,13-14,16,27H,8-12H2,1-2H3,(H,21,23,24). The molecule has 1 aliphatic heterocycles. The van der Waals surface area contributed by atoms with Crippen LogP contribution < -0.4 is 10.2 Å². The van der Waals surface area contributed by atoms with Crippen LogP contribution in [0.3, 0.4) is 0 Å². The largest absolute Gasteiger partial charge is 0.393 e. The number of hydrogen-bond donors (Lipinski definition) is 2. The first-order valence-electron chi connectivity index (χ1n) is 9.57. The Morgan fingerprint density at radius 3 is 2.59 bits per heavy atom. The minimum absolute atomic E-state index is 0.221. The molecule has 2 aromatic heterocycles. The van der Waals surface area contributed by atoms with Crippen molar-refractivity contribution in [3.05, 3.63) is 42.2 Å². The van der Waals surface area contributed by atoms with Gasteiger partial charge in [-0.25, -0.2) is 4.98 Å². The first-order chi connectivity index (χ1) is 13.1. The van der Waals surface area contributed by atoms with Crippen LogP contribution in [0.4, 0.5) is 11.8 Å². The smallest absolute Gasteiger partial charge is 0.229 e. The minimum atomic E-state index is -0.221. The fourth-order valence-corrected chi connectivity index (χ4v) is 3.40. The molecule has 0 bridgehead atoms. The van der Waals surface area contributed by atoms with Gasteiger partial charge in [0.15, 0.2) is 17.0 Å². The lowest BCUT2D eigenvalue weighted by Gasteiger charge is -2.29. The normalized spacial score (nSPS) is 15.6. The molecule has 0 amide bonds. The van der Waals surface area contributed by atoms with Gasteiger partial charge in [-0.3, -0.25) is 0 Å². The zero-order chi connectivity index (χ0) is 18.8. The van der Waals surface area contributed by atoms with Crippen LogP contribution in [0, 0.1) is 0 Å². The second-order valence-corrected chi connectivity index (χ2v) is 7.35. The summed E-state index contributed by atoms with van der Waals surface area (Å²) >= 11 is 0. The number of aliphatic hydroxyl groups is 1. The maximum Gasteiger partial charge on any atom is 0.229 e. The lowest BCUT2D eigenvalue weighted by molar-refractivity contribution is 0.145. The van der Waals surface area contributed by atoms with Crippen molar-refractivity contribution in [2.75, 3.05) is 23.3 Å². The lowest BCUT2D eigenvalue weighted by Crippen LogP contribution is -2.37. The summed E-state index contributed by atoms with van der Waals surface area (Å²) in [6, 6.07) is 10.5. The molecule has 0 saturated carbocycles. The molecule has 7 nitrogen and oxygen atoms in total. The summed E-state index contributed by atoms with van der Waals surface area (Å²) in [6.45, 7) is 6.45. The number of benzene rings is 1. The molecule has 1 aliphatic rings. The number of anilines is 2. The number of aromatic nitrogens is 4. The number of hydrogen-bond acceptors (Lipinski definition) is 6. The third-order valence-electron chi connectivity index (χ3n) is 5.02. The van der Waals surface area contributed by atoms with Crippen molar-refractivity contribution in [1.82, 2.24) is 19.5 Å². The predicted molar refractivity (Wildman–Crippen MR) is 107 cm³/mol. The molecule has 3 aromatic rings. The van der Waals surface area contributed by atoms with Crippen LogP contribution in [0.2, 0.25) is 0 Å². The third-order valence-corrected chi connectivity index (χ3v) is 5.02. The van der Waals surface area contributed by atoms with E-state index in [-0.39, 0.29) is 12.1 Å². The highest BCUT2D eigenvalue weighted by molar-refractivity contribution is 5.84. The Morgan fingerprint density at radius 1 is 1.15 bits per heavy atom. The van der Waals surface area contributed by atoms with E-state index in [4.69, 9.17) is 9.97 Å². The van der Waals surface area contributed by atoms with Gasteiger partial charge in [-0.2, -0.15) is 9.97 Å². The number of imidazole rings is 1. The highest BCUT2D eigenvalue weighted by Gasteiger charge is 2.22. The van der Waals surface area contributed by atoms with Crippen LogP contribution in [-0.4, -0.2) is 43.8 Å². The average molecular weight is 366 g/mol. The predicted octanol–water partition coefficient (Wildman–Crippen LogP) is 2.98. The summed E-state index contributed by atoms with van der Waals surface area (Å²) < 4.78 is 2.08. The second-order valence-electron chi connectivity index (χ2n) is 7.35. The highest BCUT2D eigenvalue weighted by atomic mass is 16.3. The third kappa shape index (κ3) is 3.73. The van der Waals surface area contributed by atoms with E-state index in [9.17, 15) is 5.11 Å². The quantitative estimate of drug-likeness (QED) is 0.723. The maximum absolute atomic E-state index is 9.80. The summed E-state index contributed by atoms with van der Waals surface area (Å²) in [7, 11) is 0. The molecule has 1 fully saturated rings. The molecule has 1 saturated heterocycles. The van der Waals surface area contributed by atoms with Crippen LogP contribution in [0.25, 0.3) is 11.2 Å². The molecule has 7 heteroatoms. The van der Waals surface area contributed by atoms with E-state index in [2.05, 4.69) is 45.7 Å². The van der Waals surface area contributed by atoms with Gasteiger partial charge in [0.25, 0.3) is 0 Å². The molecule has 0 spiro atoms. The van der Waals surface area contributed by atoms with Gasteiger partial charge in [-0.05, 0) is 32.3 Å². The fourth-order valence-electron chi connectivity index (χ4n) is 3.40. The molecule has 0 atom stereocenters. The molecule has 3 heterocycles. The number of nitrogens with zero attached hydrogens (tertiary/aromatic N) is 5. The SMILES string of the molecule is CC(C)n1cnc2c(NCc3ccccc3)nc(N3CCC(O)CC3)nc21. The van der Waals surface area contributed by atoms with Crippen LogP contribution in [-0.2, 0) is 6.54 Å². The Hall–Kier alpha value is -2.67. The van der Waals surface area contributed by atoms with Gasteiger partial charge in [0.05, 0.1) is 12.4 Å². The van der Waals surface area contributed by atoms with Gasteiger partial charge < -0.3 is 19.9 Å².